The molecule has 4 rings (SSSR count). The van der Waals surface area contributed by atoms with E-state index in [-0.39, 0.29) is 22.6 Å². The molecule has 0 saturated heterocycles. The number of allylic oxidation sites excluding steroid dienone is 2. The van der Waals surface area contributed by atoms with Gasteiger partial charge in [0.1, 0.15) is 5.69 Å². The number of nitro groups is 1. The normalized spacial score (nSPS) is 24.2. The number of anilines is 1. The van der Waals surface area contributed by atoms with E-state index in [1.165, 1.54) is 6.07 Å². The molecule has 0 spiro atoms. The highest BCUT2D eigenvalue weighted by atomic mass is 79.9. The first kappa shape index (κ1) is 15.7. The van der Waals surface area contributed by atoms with Crippen molar-refractivity contribution in [1.82, 2.24) is 0 Å². The van der Waals surface area contributed by atoms with Gasteiger partial charge in [-0.2, -0.15) is 0 Å². The van der Waals surface area contributed by atoms with Crippen LogP contribution >= 0.6 is 27.5 Å². The maximum absolute atomic E-state index is 11.5. The first-order valence-electron chi connectivity index (χ1n) is 7.71. The number of nitrogens with zero attached hydrogens (tertiary/aromatic N) is 1. The van der Waals surface area contributed by atoms with Gasteiger partial charge in [-0.1, -0.05) is 51.8 Å². The quantitative estimate of drug-likeness (QED) is 0.388. The lowest BCUT2D eigenvalue weighted by Gasteiger charge is -2.37. The summed E-state index contributed by atoms with van der Waals surface area (Å²) in [6.45, 7) is 0. The third-order valence-corrected chi connectivity index (χ3v) is 5.53. The molecule has 1 heterocycles. The van der Waals surface area contributed by atoms with Gasteiger partial charge in [-0.3, -0.25) is 10.1 Å². The van der Waals surface area contributed by atoms with Crippen LogP contribution in [0.2, 0.25) is 5.02 Å². The molecule has 2 aliphatic rings. The first-order chi connectivity index (χ1) is 11.5. The Morgan fingerprint density at radius 2 is 2.12 bits per heavy atom. The highest BCUT2D eigenvalue weighted by Gasteiger charge is 2.40. The van der Waals surface area contributed by atoms with Gasteiger partial charge in [-0.25, -0.2) is 0 Å². The summed E-state index contributed by atoms with van der Waals surface area (Å²) in [7, 11) is 0. The van der Waals surface area contributed by atoms with E-state index < -0.39 is 0 Å². The van der Waals surface area contributed by atoms with Crippen LogP contribution in [0.1, 0.15) is 29.5 Å². The fraction of sp³-hybridized carbons (Fsp3) is 0.222. The predicted molar refractivity (Wildman–Crippen MR) is 98.6 cm³/mol. The zero-order chi connectivity index (χ0) is 16.8. The highest BCUT2D eigenvalue weighted by molar-refractivity contribution is 9.10. The van der Waals surface area contributed by atoms with Gasteiger partial charge in [0.2, 0.25) is 0 Å². The van der Waals surface area contributed by atoms with Crippen LogP contribution in [0, 0.1) is 16.0 Å². The third kappa shape index (κ3) is 2.52. The minimum atomic E-state index is -0.366. The highest BCUT2D eigenvalue weighted by Crippen LogP contribution is 2.52. The van der Waals surface area contributed by atoms with Crippen molar-refractivity contribution >= 4 is 38.9 Å². The van der Waals surface area contributed by atoms with E-state index in [0.29, 0.717) is 16.6 Å². The summed E-state index contributed by atoms with van der Waals surface area (Å²) in [4.78, 5) is 11.1. The van der Waals surface area contributed by atoms with E-state index in [9.17, 15) is 10.1 Å². The SMILES string of the molecule is O=[N+]([O-])c1cc(Cl)cc2c1NC(c1cccc(Br)c1)[C@H]1CC=C[C@@H]21. The molecule has 2 aromatic rings. The summed E-state index contributed by atoms with van der Waals surface area (Å²) >= 11 is 9.64. The topological polar surface area (TPSA) is 55.2 Å². The molecule has 4 nitrogen and oxygen atoms in total. The molecule has 2 aromatic carbocycles. The van der Waals surface area contributed by atoms with Crippen molar-refractivity contribution in [3.63, 3.8) is 0 Å². The molecule has 1 aliphatic carbocycles. The molecule has 0 aromatic heterocycles. The molecule has 122 valence electrons. The van der Waals surface area contributed by atoms with Gasteiger partial charge in [0.15, 0.2) is 0 Å². The summed E-state index contributed by atoms with van der Waals surface area (Å²) < 4.78 is 1.00. The van der Waals surface area contributed by atoms with Gasteiger partial charge in [0.25, 0.3) is 5.69 Å². The summed E-state index contributed by atoms with van der Waals surface area (Å²) in [5.74, 6) is 0.465. The van der Waals surface area contributed by atoms with E-state index in [0.717, 1.165) is 22.0 Å². The second kappa shape index (κ2) is 5.90. The van der Waals surface area contributed by atoms with Crippen LogP contribution in [0.3, 0.4) is 0 Å². The Hall–Kier alpha value is -1.85. The largest absolute Gasteiger partial charge is 0.372 e. The van der Waals surface area contributed by atoms with Crippen molar-refractivity contribution in [3.8, 4) is 0 Å². The van der Waals surface area contributed by atoms with E-state index in [1.807, 2.05) is 18.2 Å². The van der Waals surface area contributed by atoms with Gasteiger partial charge >= 0.3 is 0 Å². The number of rotatable bonds is 2. The fourth-order valence-corrected chi connectivity index (χ4v) is 4.46. The van der Waals surface area contributed by atoms with Gasteiger partial charge in [0, 0.05) is 21.5 Å². The van der Waals surface area contributed by atoms with Crippen molar-refractivity contribution in [3.05, 3.63) is 79.3 Å². The van der Waals surface area contributed by atoms with Gasteiger partial charge in [-0.15, -0.1) is 0 Å². The monoisotopic (exact) mass is 404 g/mol. The summed E-state index contributed by atoms with van der Waals surface area (Å²) in [6, 6.07) is 11.4. The first-order valence-corrected chi connectivity index (χ1v) is 8.88. The Balaban J connectivity index is 1.87. The van der Waals surface area contributed by atoms with Crippen molar-refractivity contribution in [2.24, 2.45) is 5.92 Å². The predicted octanol–water partition coefficient (Wildman–Crippen LogP) is 5.84. The van der Waals surface area contributed by atoms with Crippen LogP contribution < -0.4 is 5.32 Å². The van der Waals surface area contributed by atoms with Gasteiger partial charge in [-0.05, 0) is 41.7 Å². The van der Waals surface area contributed by atoms with Crippen molar-refractivity contribution < 1.29 is 4.92 Å². The van der Waals surface area contributed by atoms with Crippen LogP contribution in [0.4, 0.5) is 11.4 Å². The minimum absolute atomic E-state index is 0.0230. The molecule has 0 saturated carbocycles. The van der Waals surface area contributed by atoms with E-state index in [1.54, 1.807) is 0 Å². The lowest BCUT2D eigenvalue weighted by Crippen LogP contribution is -2.29. The van der Waals surface area contributed by atoms with Crippen molar-refractivity contribution in [2.75, 3.05) is 5.32 Å². The maximum Gasteiger partial charge on any atom is 0.294 e. The minimum Gasteiger partial charge on any atom is -0.372 e. The van der Waals surface area contributed by atoms with E-state index in [2.05, 4.69) is 45.5 Å². The van der Waals surface area contributed by atoms with Crippen LogP contribution in [0.25, 0.3) is 0 Å². The molecule has 1 aliphatic heterocycles. The van der Waals surface area contributed by atoms with Gasteiger partial charge < -0.3 is 5.32 Å². The second-order valence-electron chi connectivity index (χ2n) is 6.18. The molecule has 3 atom stereocenters. The van der Waals surface area contributed by atoms with Crippen LogP contribution in [-0.4, -0.2) is 4.92 Å². The number of hydrogen-bond acceptors (Lipinski definition) is 3. The molecule has 0 fully saturated rings. The molecule has 1 N–H and O–H groups in total. The van der Waals surface area contributed by atoms with Crippen LogP contribution in [0.5, 0.6) is 0 Å². The Morgan fingerprint density at radius 1 is 1.29 bits per heavy atom. The molecule has 1 unspecified atom stereocenters. The zero-order valence-corrected chi connectivity index (χ0v) is 14.9. The molecular formula is C18H14BrClN2O2. The molecule has 24 heavy (non-hydrogen) atoms. The second-order valence-corrected chi connectivity index (χ2v) is 7.53. The number of hydrogen-bond donors (Lipinski definition) is 1. The lowest BCUT2D eigenvalue weighted by molar-refractivity contribution is -0.384. The van der Waals surface area contributed by atoms with Crippen LogP contribution in [0.15, 0.2) is 53.0 Å². The Bertz CT molecular complexity index is 868. The number of nitrogens with one attached hydrogen (secondary N) is 1. The summed E-state index contributed by atoms with van der Waals surface area (Å²) in [5.41, 5.74) is 2.66. The lowest BCUT2D eigenvalue weighted by atomic mass is 9.77. The maximum atomic E-state index is 11.5. The fourth-order valence-electron chi connectivity index (χ4n) is 3.82. The molecule has 0 radical (unpaired) electrons. The number of fused-ring (bicyclic) bond motifs is 3. The van der Waals surface area contributed by atoms with Gasteiger partial charge in [0.05, 0.1) is 11.0 Å². The third-order valence-electron chi connectivity index (χ3n) is 4.82. The average molecular weight is 406 g/mol. The summed E-state index contributed by atoms with van der Waals surface area (Å²) in [6.07, 6.45) is 5.24. The van der Waals surface area contributed by atoms with E-state index >= 15 is 0 Å². The Kier molecular flexibility index (Phi) is 3.85. The molecule has 0 bridgehead atoms. The van der Waals surface area contributed by atoms with Crippen molar-refractivity contribution in [2.45, 2.75) is 18.4 Å². The molecule has 6 heteroatoms. The smallest absolute Gasteiger partial charge is 0.294 e. The number of benzene rings is 2. The summed E-state index contributed by atoms with van der Waals surface area (Å²) in [5, 5.41) is 15.3. The molecule has 0 amide bonds. The zero-order valence-electron chi connectivity index (χ0n) is 12.6. The number of halogens is 2. The molecular weight excluding hydrogens is 392 g/mol. The Morgan fingerprint density at radius 3 is 2.88 bits per heavy atom. The van der Waals surface area contributed by atoms with Crippen LogP contribution in [-0.2, 0) is 0 Å². The van der Waals surface area contributed by atoms with E-state index in [4.69, 9.17) is 11.6 Å². The van der Waals surface area contributed by atoms with Crippen molar-refractivity contribution in [1.29, 1.82) is 0 Å². The number of nitro benzene ring substituents is 1. The Labute approximate surface area is 152 Å². The average Bonchev–Trinajstić information content (AvgIpc) is 3.03. The standard InChI is InChI=1S/C18H14BrClN2O2/c19-11-4-1-3-10(7-11)17-14-6-2-5-13(14)15-8-12(20)9-16(22(23)24)18(15)21-17/h1-5,7-9,13-14,17,21H,6H2/t13-,14+,17?/m1/s1.